The average molecular weight is 395 g/mol. The largest absolute Gasteiger partial charge is 0.378 e. The van der Waals surface area contributed by atoms with Crippen LogP contribution in [-0.4, -0.2) is 11.0 Å². The minimum Gasteiger partial charge on any atom is -0.378 e. The normalized spacial score (nSPS) is 12.1. The number of anilines is 1. The van der Waals surface area contributed by atoms with Crippen molar-refractivity contribution in [3.8, 4) is 0 Å². The van der Waals surface area contributed by atoms with E-state index in [0.29, 0.717) is 6.07 Å². The lowest BCUT2D eigenvalue weighted by atomic mass is 10.1. The van der Waals surface area contributed by atoms with Crippen LogP contribution >= 0.6 is 27.5 Å². The van der Waals surface area contributed by atoms with Crippen LogP contribution in [0.4, 0.5) is 18.9 Å². The Morgan fingerprint density at radius 3 is 2.50 bits per heavy atom. The van der Waals surface area contributed by atoms with Crippen molar-refractivity contribution >= 4 is 39.1 Å². The first-order valence-corrected chi connectivity index (χ1v) is 7.05. The van der Waals surface area contributed by atoms with Gasteiger partial charge in [-0.1, -0.05) is 17.7 Å². The molecule has 0 aliphatic heterocycles. The molecule has 2 aromatic carbocycles. The van der Waals surface area contributed by atoms with Crippen LogP contribution in [0.25, 0.3) is 0 Å². The SMILES string of the molecule is O=C(Nc1cc(Br)c(F)cc1F)C(O)c1c(F)cccc1Cl. The Hall–Kier alpha value is -1.57. The highest BCUT2D eigenvalue weighted by Crippen LogP contribution is 2.28. The number of aliphatic hydroxyl groups is 1. The molecule has 1 atom stereocenters. The smallest absolute Gasteiger partial charge is 0.258 e. The van der Waals surface area contributed by atoms with E-state index in [1.807, 2.05) is 5.32 Å². The van der Waals surface area contributed by atoms with E-state index in [1.165, 1.54) is 12.1 Å². The first-order valence-electron chi connectivity index (χ1n) is 5.88. The fraction of sp³-hybridized carbons (Fsp3) is 0.0714. The predicted octanol–water partition coefficient (Wildman–Crippen LogP) is 4.19. The molecule has 8 heteroatoms. The summed E-state index contributed by atoms with van der Waals surface area (Å²) in [6.07, 6.45) is -1.95. The summed E-state index contributed by atoms with van der Waals surface area (Å²) >= 11 is 8.58. The monoisotopic (exact) mass is 393 g/mol. The van der Waals surface area contributed by atoms with Crippen molar-refractivity contribution in [2.45, 2.75) is 6.10 Å². The van der Waals surface area contributed by atoms with Gasteiger partial charge >= 0.3 is 0 Å². The Kier molecular flexibility index (Phi) is 5.10. The van der Waals surface area contributed by atoms with Crippen molar-refractivity contribution in [1.29, 1.82) is 0 Å². The van der Waals surface area contributed by atoms with Crippen LogP contribution in [0, 0.1) is 17.5 Å². The van der Waals surface area contributed by atoms with Gasteiger partial charge in [0.2, 0.25) is 0 Å². The standard InChI is InChI=1S/C14H8BrClF3NO2/c15-6-4-11(10(19)5-9(6)18)20-14(22)13(21)12-7(16)2-1-3-8(12)17/h1-5,13,21H,(H,20,22). The fourth-order valence-corrected chi connectivity index (χ4v) is 2.33. The Balaban J connectivity index is 2.28. The molecule has 3 nitrogen and oxygen atoms in total. The minimum atomic E-state index is -1.95. The molecule has 0 bridgehead atoms. The first-order chi connectivity index (χ1) is 10.3. The van der Waals surface area contributed by atoms with Crippen molar-refractivity contribution in [2.24, 2.45) is 0 Å². The highest BCUT2D eigenvalue weighted by Gasteiger charge is 2.24. The molecule has 1 unspecified atom stereocenters. The second-order valence-corrected chi connectivity index (χ2v) is 5.53. The van der Waals surface area contributed by atoms with E-state index in [2.05, 4.69) is 15.9 Å². The number of amides is 1. The molecule has 0 spiro atoms. The molecule has 1 amide bonds. The molecule has 0 aliphatic rings. The molecule has 2 N–H and O–H groups in total. The van der Waals surface area contributed by atoms with E-state index in [0.717, 1.165) is 12.1 Å². The molecule has 0 radical (unpaired) electrons. The summed E-state index contributed by atoms with van der Waals surface area (Å²) in [5.41, 5.74) is -0.798. The van der Waals surface area contributed by atoms with Crippen LogP contribution < -0.4 is 5.32 Å². The van der Waals surface area contributed by atoms with Gasteiger partial charge in [0.05, 0.1) is 10.2 Å². The highest BCUT2D eigenvalue weighted by atomic mass is 79.9. The zero-order valence-corrected chi connectivity index (χ0v) is 13.1. The number of aliphatic hydroxyl groups excluding tert-OH is 1. The van der Waals surface area contributed by atoms with Crippen molar-refractivity contribution < 1.29 is 23.1 Å². The van der Waals surface area contributed by atoms with Gasteiger partial charge in [0.1, 0.15) is 17.5 Å². The molecule has 116 valence electrons. The lowest BCUT2D eigenvalue weighted by molar-refractivity contribution is -0.124. The van der Waals surface area contributed by atoms with Gasteiger partial charge < -0.3 is 10.4 Å². The number of hydrogen-bond acceptors (Lipinski definition) is 2. The highest BCUT2D eigenvalue weighted by molar-refractivity contribution is 9.10. The average Bonchev–Trinajstić information content (AvgIpc) is 2.44. The molecule has 0 saturated carbocycles. The molecule has 0 aromatic heterocycles. The number of benzene rings is 2. The van der Waals surface area contributed by atoms with E-state index in [1.54, 1.807) is 0 Å². The molecule has 0 fully saturated rings. The molecule has 2 rings (SSSR count). The Bertz CT molecular complexity index is 722. The third-order valence-electron chi connectivity index (χ3n) is 2.79. The van der Waals surface area contributed by atoms with E-state index in [-0.39, 0.29) is 15.2 Å². The van der Waals surface area contributed by atoms with E-state index < -0.39 is 35.0 Å². The Morgan fingerprint density at radius 1 is 1.18 bits per heavy atom. The molecule has 2 aromatic rings. The van der Waals surface area contributed by atoms with Gasteiger partial charge in [-0.25, -0.2) is 13.2 Å². The Morgan fingerprint density at radius 2 is 1.86 bits per heavy atom. The van der Waals surface area contributed by atoms with Crippen molar-refractivity contribution in [2.75, 3.05) is 5.32 Å². The van der Waals surface area contributed by atoms with Crippen molar-refractivity contribution in [3.63, 3.8) is 0 Å². The third-order valence-corrected chi connectivity index (χ3v) is 3.73. The van der Waals surface area contributed by atoms with Gasteiger partial charge in [-0.2, -0.15) is 0 Å². The summed E-state index contributed by atoms with van der Waals surface area (Å²) < 4.78 is 40.2. The molecule has 0 aliphatic carbocycles. The van der Waals surface area contributed by atoms with Crippen molar-refractivity contribution in [1.82, 2.24) is 0 Å². The predicted molar refractivity (Wildman–Crippen MR) is 79.1 cm³/mol. The zero-order chi connectivity index (χ0) is 16.4. The topological polar surface area (TPSA) is 49.3 Å². The van der Waals surface area contributed by atoms with E-state index in [9.17, 15) is 23.1 Å². The number of carbonyl (C=O) groups excluding carboxylic acids is 1. The van der Waals surface area contributed by atoms with Crippen LogP contribution in [0.3, 0.4) is 0 Å². The zero-order valence-electron chi connectivity index (χ0n) is 10.7. The first kappa shape index (κ1) is 16.8. The minimum absolute atomic E-state index is 0.0809. The summed E-state index contributed by atoms with van der Waals surface area (Å²) in [6, 6.07) is 5.17. The number of nitrogens with one attached hydrogen (secondary N) is 1. The second-order valence-electron chi connectivity index (χ2n) is 4.27. The summed E-state index contributed by atoms with van der Waals surface area (Å²) in [6.45, 7) is 0. The fourth-order valence-electron chi connectivity index (χ4n) is 1.72. The van der Waals surface area contributed by atoms with Crippen LogP contribution in [0.1, 0.15) is 11.7 Å². The summed E-state index contributed by atoms with van der Waals surface area (Å²) in [4.78, 5) is 11.9. The number of rotatable bonds is 3. The van der Waals surface area contributed by atoms with Gasteiger partial charge in [-0.3, -0.25) is 4.79 Å². The molecule has 0 saturated heterocycles. The summed E-state index contributed by atoms with van der Waals surface area (Å²) in [5.74, 6) is -3.88. The van der Waals surface area contributed by atoms with E-state index >= 15 is 0 Å². The summed E-state index contributed by atoms with van der Waals surface area (Å²) in [5, 5.41) is 11.8. The van der Waals surface area contributed by atoms with Crippen LogP contribution in [0.2, 0.25) is 5.02 Å². The quantitative estimate of drug-likeness (QED) is 0.767. The molecule has 0 heterocycles. The number of carbonyl (C=O) groups is 1. The summed E-state index contributed by atoms with van der Waals surface area (Å²) in [7, 11) is 0. The van der Waals surface area contributed by atoms with Gasteiger partial charge in [-0.05, 0) is 34.1 Å². The van der Waals surface area contributed by atoms with Gasteiger partial charge in [0.15, 0.2) is 6.10 Å². The molecular weight excluding hydrogens is 387 g/mol. The maximum Gasteiger partial charge on any atom is 0.258 e. The van der Waals surface area contributed by atoms with Crippen LogP contribution in [-0.2, 0) is 4.79 Å². The van der Waals surface area contributed by atoms with Gasteiger partial charge in [-0.15, -0.1) is 0 Å². The number of halogens is 5. The lowest BCUT2D eigenvalue weighted by Gasteiger charge is -2.14. The molecular formula is C14H8BrClF3NO2. The number of hydrogen-bond donors (Lipinski definition) is 2. The maximum atomic E-state index is 13.6. The van der Waals surface area contributed by atoms with Gasteiger partial charge in [0.25, 0.3) is 5.91 Å². The third kappa shape index (κ3) is 3.43. The lowest BCUT2D eigenvalue weighted by Crippen LogP contribution is -2.22. The maximum absolute atomic E-state index is 13.6. The van der Waals surface area contributed by atoms with Gasteiger partial charge in [0, 0.05) is 16.7 Å². The van der Waals surface area contributed by atoms with Crippen molar-refractivity contribution in [3.05, 3.63) is 62.8 Å². The van der Waals surface area contributed by atoms with Crippen LogP contribution in [0.5, 0.6) is 0 Å². The Labute approximate surface area is 136 Å². The van der Waals surface area contributed by atoms with E-state index in [4.69, 9.17) is 11.6 Å². The second kappa shape index (κ2) is 6.68. The van der Waals surface area contributed by atoms with Crippen LogP contribution in [0.15, 0.2) is 34.8 Å². The molecule has 22 heavy (non-hydrogen) atoms.